The maximum absolute atomic E-state index is 13.1. The van der Waals surface area contributed by atoms with E-state index in [-0.39, 0.29) is 5.02 Å². The van der Waals surface area contributed by atoms with Crippen molar-refractivity contribution < 1.29 is 9.13 Å². The van der Waals surface area contributed by atoms with Gasteiger partial charge < -0.3 is 10.1 Å². The van der Waals surface area contributed by atoms with Crippen LogP contribution in [-0.2, 0) is 6.54 Å². The average Bonchev–Trinajstić information content (AvgIpc) is 2.44. The summed E-state index contributed by atoms with van der Waals surface area (Å²) in [5.74, 6) is 0.684. The van der Waals surface area contributed by atoms with Crippen molar-refractivity contribution >= 4 is 11.6 Å². The summed E-state index contributed by atoms with van der Waals surface area (Å²) in [7, 11) is 0. The van der Waals surface area contributed by atoms with Crippen LogP contribution in [-0.4, -0.2) is 11.5 Å². The number of hydrogen-bond donors (Lipinski definition) is 1. The lowest BCUT2D eigenvalue weighted by Crippen LogP contribution is -2.14. The average molecular weight is 295 g/mol. The van der Waals surface area contributed by atoms with Gasteiger partial charge in [0.1, 0.15) is 17.3 Å². The van der Waals surface area contributed by atoms with E-state index in [9.17, 15) is 4.39 Å². The second-order valence-corrected chi connectivity index (χ2v) is 4.74. The Morgan fingerprint density at radius 1 is 1.25 bits per heavy atom. The largest absolute Gasteiger partial charge is 0.457 e. The molecule has 0 bridgehead atoms. The SMILES string of the molecule is CCCNCc1cc(Oc2ccc(F)c(Cl)c2)ccn1. The number of aromatic nitrogens is 1. The maximum atomic E-state index is 13.1. The standard InChI is InChI=1S/C15H16ClFN2O/c1-2-6-18-10-11-8-13(5-7-19-11)20-12-3-4-15(17)14(16)9-12/h3-5,7-9,18H,2,6,10H2,1H3. The number of nitrogens with one attached hydrogen (secondary N) is 1. The van der Waals surface area contributed by atoms with Crippen LogP contribution in [0.15, 0.2) is 36.5 Å². The Morgan fingerprint density at radius 3 is 2.80 bits per heavy atom. The van der Waals surface area contributed by atoms with Gasteiger partial charge in [0.25, 0.3) is 0 Å². The van der Waals surface area contributed by atoms with Crippen molar-refractivity contribution in [2.45, 2.75) is 19.9 Å². The molecule has 0 radical (unpaired) electrons. The second-order valence-electron chi connectivity index (χ2n) is 4.34. The van der Waals surface area contributed by atoms with E-state index in [0.717, 1.165) is 18.7 Å². The topological polar surface area (TPSA) is 34.1 Å². The molecule has 0 spiro atoms. The molecule has 0 aliphatic carbocycles. The van der Waals surface area contributed by atoms with Crippen molar-refractivity contribution in [1.82, 2.24) is 10.3 Å². The van der Waals surface area contributed by atoms with E-state index in [1.54, 1.807) is 12.3 Å². The van der Waals surface area contributed by atoms with Crippen LogP contribution in [0.2, 0.25) is 5.02 Å². The van der Waals surface area contributed by atoms with E-state index < -0.39 is 5.82 Å². The number of benzene rings is 1. The van der Waals surface area contributed by atoms with E-state index >= 15 is 0 Å². The number of pyridine rings is 1. The minimum Gasteiger partial charge on any atom is -0.457 e. The van der Waals surface area contributed by atoms with Crippen molar-refractivity contribution in [2.75, 3.05) is 6.54 Å². The van der Waals surface area contributed by atoms with Gasteiger partial charge in [-0.1, -0.05) is 18.5 Å². The van der Waals surface area contributed by atoms with E-state index in [2.05, 4.69) is 17.2 Å². The van der Waals surface area contributed by atoms with E-state index in [0.29, 0.717) is 18.0 Å². The van der Waals surface area contributed by atoms with Crippen LogP contribution < -0.4 is 10.1 Å². The van der Waals surface area contributed by atoms with E-state index in [1.165, 1.54) is 18.2 Å². The van der Waals surface area contributed by atoms with Crippen LogP contribution in [0.4, 0.5) is 4.39 Å². The fraction of sp³-hybridized carbons (Fsp3) is 0.267. The van der Waals surface area contributed by atoms with Crippen LogP contribution >= 0.6 is 11.6 Å². The monoisotopic (exact) mass is 294 g/mol. The van der Waals surface area contributed by atoms with Crippen LogP contribution in [0.5, 0.6) is 11.5 Å². The molecule has 0 amide bonds. The maximum Gasteiger partial charge on any atom is 0.142 e. The fourth-order valence-electron chi connectivity index (χ4n) is 1.69. The van der Waals surface area contributed by atoms with Gasteiger partial charge in [0.05, 0.1) is 10.7 Å². The Balaban J connectivity index is 2.05. The predicted octanol–water partition coefficient (Wildman–Crippen LogP) is 4.17. The summed E-state index contributed by atoms with van der Waals surface area (Å²) >= 11 is 5.72. The van der Waals surface area contributed by atoms with E-state index in [1.807, 2.05) is 6.07 Å². The molecule has 0 saturated carbocycles. The Kier molecular flexibility index (Phi) is 5.32. The quantitative estimate of drug-likeness (QED) is 0.812. The smallest absolute Gasteiger partial charge is 0.142 e. The first-order valence-corrected chi connectivity index (χ1v) is 6.85. The Morgan fingerprint density at radius 2 is 2.05 bits per heavy atom. The zero-order valence-corrected chi connectivity index (χ0v) is 12.0. The molecule has 0 saturated heterocycles. The Bertz CT molecular complexity index is 578. The van der Waals surface area contributed by atoms with Crippen LogP contribution in [0.3, 0.4) is 0 Å². The summed E-state index contributed by atoms with van der Waals surface area (Å²) in [5, 5.41) is 3.31. The van der Waals surface area contributed by atoms with Crippen LogP contribution in [0.1, 0.15) is 19.0 Å². The molecule has 2 rings (SSSR count). The second kappa shape index (κ2) is 7.22. The van der Waals surface area contributed by atoms with Crippen molar-refractivity contribution in [1.29, 1.82) is 0 Å². The third kappa shape index (κ3) is 4.18. The highest BCUT2D eigenvalue weighted by Crippen LogP contribution is 2.26. The highest BCUT2D eigenvalue weighted by atomic mass is 35.5. The molecule has 1 aromatic carbocycles. The van der Waals surface area contributed by atoms with Gasteiger partial charge in [0.2, 0.25) is 0 Å². The zero-order valence-electron chi connectivity index (χ0n) is 11.2. The van der Waals surface area contributed by atoms with Gasteiger partial charge in [0.15, 0.2) is 0 Å². The molecule has 106 valence electrons. The fourth-order valence-corrected chi connectivity index (χ4v) is 1.86. The lowest BCUT2D eigenvalue weighted by Gasteiger charge is -2.08. The number of rotatable bonds is 6. The molecular weight excluding hydrogens is 279 g/mol. The molecule has 1 heterocycles. The third-order valence-corrected chi connectivity index (χ3v) is 2.94. The summed E-state index contributed by atoms with van der Waals surface area (Å²) in [4.78, 5) is 4.26. The Hall–Kier alpha value is -1.65. The molecule has 3 nitrogen and oxygen atoms in total. The van der Waals surface area contributed by atoms with Gasteiger partial charge in [-0.25, -0.2) is 4.39 Å². The number of nitrogens with zero attached hydrogens (tertiary/aromatic N) is 1. The molecule has 2 aromatic rings. The molecule has 0 atom stereocenters. The summed E-state index contributed by atoms with van der Waals surface area (Å²) in [6.07, 6.45) is 2.76. The van der Waals surface area contributed by atoms with Crippen molar-refractivity contribution in [3.8, 4) is 11.5 Å². The minimum absolute atomic E-state index is 0.0430. The highest BCUT2D eigenvalue weighted by molar-refractivity contribution is 6.30. The zero-order chi connectivity index (χ0) is 14.4. The first-order valence-electron chi connectivity index (χ1n) is 6.47. The van der Waals surface area contributed by atoms with Gasteiger partial charge in [0, 0.05) is 24.9 Å². The van der Waals surface area contributed by atoms with Crippen LogP contribution in [0, 0.1) is 5.82 Å². The van der Waals surface area contributed by atoms with Crippen molar-refractivity contribution in [2.24, 2.45) is 0 Å². The van der Waals surface area contributed by atoms with E-state index in [4.69, 9.17) is 16.3 Å². The van der Waals surface area contributed by atoms with Crippen LogP contribution in [0.25, 0.3) is 0 Å². The lowest BCUT2D eigenvalue weighted by atomic mass is 10.3. The number of ether oxygens (including phenoxy) is 1. The molecule has 0 unspecified atom stereocenters. The lowest BCUT2D eigenvalue weighted by molar-refractivity contribution is 0.478. The first kappa shape index (κ1) is 14.8. The summed E-state index contributed by atoms with van der Waals surface area (Å²) in [6.45, 7) is 3.74. The molecule has 0 fully saturated rings. The summed E-state index contributed by atoms with van der Waals surface area (Å²) < 4.78 is 18.7. The normalized spacial score (nSPS) is 10.6. The van der Waals surface area contributed by atoms with Gasteiger partial charge in [-0.05, 0) is 31.2 Å². The molecule has 20 heavy (non-hydrogen) atoms. The molecule has 5 heteroatoms. The van der Waals surface area contributed by atoms with Gasteiger partial charge in [-0.2, -0.15) is 0 Å². The van der Waals surface area contributed by atoms with Crippen molar-refractivity contribution in [3.05, 3.63) is 53.1 Å². The van der Waals surface area contributed by atoms with Gasteiger partial charge in [-0.3, -0.25) is 4.98 Å². The first-order chi connectivity index (χ1) is 9.69. The number of halogens is 2. The highest BCUT2D eigenvalue weighted by Gasteiger charge is 2.04. The third-order valence-electron chi connectivity index (χ3n) is 2.65. The summed E-state index contributed by atoms with van der Waals surface area (Å²) in [6, 6.07) is 7.87. The Labute approximate surface area is 122 Å². The van der Waals surface area contributed by atoms with Gasteiger partial charge >= 0.3 is 0 Å². The predicted molar refractivity (Wildman–Crippen MR) is 77.7 cm³/mol. The molecular formula is C15H16ClFN2O. The number of hydrogen-bond acceptors (Lipinski definition) is 3. The minimum atomic E-state index is -0.460. The molecule has 1 N–H and O–H groups in total. The van der Waals surface area contributed by atoms with Crippen molar-refractivity contribution in [3.63, 3.8) is 0 Å². The summed E-state index contributed by atoms with van der Waals surface area (Å²) in [5.41, 5.74) is 0.893. The van der Waals surface area contributed by atoms with Gasteiger partial charge in [-0.15, -0.1) is 0 Å². The molecule has 0 aliphatic heterocycles. The molecule has 1 aromatic heterocycles. The molecule has 0 aliphatic rings.